The van der Waals surface area contributed by atoms with Crippen molar-refractivity contribution in [2.24, 2.45) is 25.9 Å². The predicted octanol–water partition coefficient (Wildman–Crippen LogP) is 5.91. The number of fused-ring (bicyclic) bond motifs is 2. The van der Waals surface area contributed by atoms with Gasteiger partial charge in [0.05, 0.1) is 28.0 Å². The molecule has 2 aromatic heterocycles. The number of hydrogen-bond acceptors (Lipinski definition) is 7. The molecule has 3 N–H and O–H groups in total. The van der Waals surface area contributed by atoms with E-state index >= 15 is 0 Å². The molecule has 1 saturated carbocycles. The Morgan fingerprint density at radius 1 is 0.808 bits per heavy atom. The third-order valence-corrected chi connectivity index (χ3v) is 11.8. The Morgan fingerprint density at radius 3 is 2.04 bits per heavy atom. The second kappa shape index (κ2) is 14.8. The van der Waals surface area contributed by atoms with Crippen LogP contribution in [0.5, 0.6) is 0 Å². The quantitative estimate of drug-likeness (QED) is 0.194. The minimum absolute atomic E-state index is 0.187. The zero-order valence-electron chi connectivity index (χ0n) is 30.3. The fourth-order valence-electron chi connectivity index (χ4n) is 8.16. The second-order valence-electron chi connectivity index (χ2n) is 14.7. The molecular weight excluding hydrogens is 680 g/mol. The van der Waals surface area contributed by atoms with E-state index in [9.17, 15) is 19.5 Å². The van der Waals surface area contributed by atoms with Crippen LogP contribution in [0.25, 0.3) is 11.1 Å². The molecule has 7 rings (SSSR count). The molecule has 1 aliphatic carbocycles. The number of nitrogens with zero attached hydrogens (tertiary/aromatic N) is 6. The van der Waals surface area contributed by atoms with Gasteiger partial charge < -0.3 is 29.8 Å². The standard InChI is InChI=1S/C39H47ClN8O4/c1-23-26(27-8-6-10-29(34(27)40)44-38(50)36-41-30-21-45(2)18-16-32(30)46(36)3)7-5-9-28(23)43-37(49)35-42-31-22-48(20-17-33(31)47(35)4)19-15-24-11-13-25(14-12-24)39(51)52/h5-10,24-25H,11-22H2,1-4H3,(H,43,49)(H,44,50)(H,51,52). The summed E-state index contributed by atoms with van der Waals surface area (Å²) >= 11 is 6.96. The summed E-state index contributed by atoms with van der Waals surface area (Å²) in [5.74, 6) is -0.169. The minimum Gasteiger partial charge on any atom is -0.481 e. The lowest BCUT2D eigenvalue weighted by Gasteiger charge is -2.30. The number of carboxylic acid groups (broad SMARTS) is 1. The number of nitrogens with one attached hydrogen (secondary N) is 2. The van der Waals surface area contributed by atoms with Gasteiger partial charge in [-0.2, -0.15) is 0 Å². The van der Waals surface area contributed by atoms with Crippen molar-refractivity contribution in [1.82, 2.24) is 28.9 Å². The third-order valence-electron chi connectivity index (χ3n) is 11.4. The highest BCUT2D eigenvalue weighted by atomic mass is 35.5. The molecule has 52 heavy (non-hydrogen) atoms. The molecule has 3 aliphatic rings. The van der Waals surface area contributed by atoms with Crippen LogP contribution in [0, 0.1) is 18.8 Å². The SMILES string of the molecule is Cc1c(NC(=O)c2nc3c(n2C)CCN(CCC2CCC(C(=O)O)CC2)C3)cccc1-c1cccc(NC(=O)c2nc3c(n2C)CCN(C)C3)c1Cl. The minimum atomic E-state index is -0.662. The highest BCUT2D eigenvalue weighted by Gasteiger charge is 2.29. The van der Waals surface area contributed by atoms with E-state index in [1.54, 1.807) is 6.07 Å². The van der Waals surface area contributed by atoms with Crippen molar-refractivity contribution in [3.05, 3.63) is 81.4 Å². The Balaban J connectivity index is 1.02. The van der Waals surface area contributed by atoms with Crippen LogP contribution in [0.15, 0.2) is 36.4 Å². The average molecular weight is 727 g/mol. The first-order valence-electron chi connectivity index (χ1n) is 18.2. The molecule has 4 heterocycles. The average Bonchev–Trinajstić information content (AvgIpc) is 3.64. The number of carbonyl (C=O) groups excluding carboxylic acids is 2. The first-order valence-corrected chi connectivity index (χ1v) is 18.6. The maximum absolute atomic E-state index is 13.7. The molecule has 274 valence electrons. The fraction of sp³-hybridized carbons (Fsp3) is 0.462. The van der Waals surface area contributed by atoms with Crippen molar-refractivity contribution in [3.63, 3.8) is 0 Å². The van der Waals surface area contributed by atoms with Gasteiger partial charge in [-0.25, -0.2) is 9.97 Å². The molecule has 4 aromatic rings. The van der Waals surface area contributed by atoms with E-state index in [0.717, 1.165) is 104 Å². The van der Waals surface area contributed by atoms with Gasteiger partial charge in [0.25, 0.3) is 11.8 Å². The van der Waals surface area contributed by atoms with Crippen LogP contribution < -0.4 is 10.6 Å². The number of hydrogen-bond donors (Lipinski definition) is 3. The molecule has 2 amide bonds. The van der Waals surface area contributed by atoms with Gasteiger partial charge in [-0.15, -0.1) is 0 Å². The molecular formula is C39H47ClN8O4. The van der Waals surface area contributed by atoms with E-state index in [1.807, 2.05) is 67.5 Å². The number of imidazole rings is 2. The van der Waals surface area contributed by atoms with Gasteiger partial charge >= 0.3 is 5.97 Å². The first-order chi connectivity index (χ1) is 25.0. The van der Waals surface area contributed by atoms with Crippen LogP contribution in [0.3, 0.4) is 0 Å². The maximum Gasteiger partial charge on any atom is 0.306 e. The number of benzene rings is 2. The largest absolute Gasteiger partial charge is 0.481 e. The highest BCUT2D eigenvalue weighted by molar-refractivity contribution is 6.36. The summed E-state index contributed by atoms with van der Waals surface area (Å²) in [7, 11) is 5.83. The number of amides is 2. The number of anilines is 2. The van der Waals surface area contributed by atoms with E-state index in [0.29, 0.717) is 47.1 Å². The van der Waals surface area contributed by atoms with Gasteiger partial charge in [0, 0.05) is 75.8 Å². The van der Waals surface area contributed by atoms with Gasteiger partial charge in [0.1, 0.15) is 0 Å². The maximum atomic E-state index is 13.7. The van der Waals surface area contributed by atoms with E-state index in [4.69, 9.17) is 16.6 Å². The molecule has 0 saturated heterocycles. The molecule has 0 unspecified atom stereocenters. The zero-order valence-corrected chi connectivity index (χ0v) is 31.1. The summed E-state index contributed by atoms with van der Waals surface area (Å²) in [6.07, 6.45) is 6.21. The first kappa shape index (κ1) is 35.9. The molecule has 2 aliphatic heterocycles. The molecule has 13 heteroatoms. The van der Waals surface area contributed by atoms with Crippen LogP contribution in [0.1, 0.15) is 81.7 Å². The number of halogens is 1. The van der Waals surface area contributed by atoms with Gasteiger partial charge in [0.15, 0.2) is 11.6 Å². The summed E-state index contributed by atoms with van der Waals surface area (Å²) < 4.78 is 3.78. The molecule has 0 atom stereocenters. The lowest BCUT2D eigenvalue weighted by atomic mass is 9.80. The number of aromatic nitrogens is 4. The monoisotopic (exact) mass is 726 g/mol. The van der Waals surface area contributed by atoms with Crippen LogP contribution in [0.4, 0.5) is 11.4 Å². The van der Waals surface area contributed by atoms with Crippen LogP contribution in [-0.4, -0.2) is 78.5 Å². The number of carboxylic acids is 1. The normalized spacial score (nSPS) is 19.2. The summed E-state index contributed by atoms with van der Waals surface area (Å²) in [5, 5.41) is 15.8. The lowest BCUT2D eigenvalue weighted by Crippen LogP contribution is -2.33. The van der Waals surface area contributed by atoms with Gasteiger partial charge in [-0.05, 0) is 81.8 Å². The topological polar surface area (TPSA) is 138 Å². The fourth-order valence-corrected chi connectivity index (χ4v) is 8.43. The highest BCUT2D eigenvalue weighted by Crippen LogP contribution is 2.38. The van der Waals surface area contributed by atoms with Crippen molar-refractivity contribution >= 4 is 40.8 Å². The van der Waals surface area contributed by atoms with Crippen molar-refractivity contribution in [1.29, 1.82) is 0 Å². The molecule has 0 spiro atoms. The van der Waals surface area contributed by atoms with Crippen molar-refractivity contribution < 1.29 is 19.5 Å². The predicted molar refractivity (Wildman–Crippen MR) is 201 cm³/mol. The van der Waals surface area contributed by atoms with Crippen LogP contribution >= 0.6 is 11.6 Å². The number of aliphatic carboxylic acids is 1. The Bertz CT molecular complexity index is 2030. The molecule has 1 fully saturated rings. The Kier molecular flexibility index (Phi) is 10.2. The van der Waals surface area contributed by atoms with E-state index in [-0.39, 0.29) is 17.7 Å². The number of likely N-dealkylation sites (N-methyl/N-ethyl adjacent to an activating group) is 1. The van der Waals surface area contributed by atoms with Gasteiger partial charge in [-0.1, -0.05) is 35.9 Å². The van der Waals surface area contributed by atoms with Crippen LogP contribution in [-0.2, 0) is 44.8 Å². The summed E-state index contributed by atoms with van der Waals surface area (Å²) in [6, 6.07) is 11.2. The Hall–Kier alpha value is -4.52. The number of carbonyl (C=O) groups is 3. The zero-order chi connectivity index (χ0) is 36.7. The van der Waals surface area contributed by atoms with E-state index in [1.165, 1.54) is 0 Å². The Labute approximate surface area is 309 Å². The van der Waals surface area contributed by atoms with Crippen LogP contribution in [0.2, 0.25) is 5.02 Å². The van der Waals surface area contributed by atoms with E-state index in [2.05, 4.69) is 25.4 Å². The number of rotatable bonds is 9. The molecule has 0 radical (unpaired) electrons. The van der Waals surface area contributed by atoms with Crippen molar-refractivity contribution in [2.45, 2.75) is 65.0 Å². The van der Waals surface area contributed by atoms with Gasteiger partial charge in [0.2, 0.25) is 0 Å². The molecule has 0 bridgehead atoms. The van der Waals surface area contributed by atoms with Crippen molar-refractivity contribution in [2.75, 3.05) is 37.3 Å². The summed E-state index contributed by atoms with van der Waals surface area (Å²) in [6.45, 7) is 6.12. The third kappa shape index (κ3) is 7.11. The second-order valence-corrected chi connectivity index (χ2v) is 15.1. The lowest BCUT2D eigenvalue weighted by molar-refractivity contribution is -0.143. The molecule has 2 aromatic carbocycles. The van der Waals surface area contributed by atoms with E-state index < -0.39 is 5.97 Å². The van der Waals surface area contributed by atoms with Crippen molar-refractivity contribution in [3.8, 4) is 11.1 Å². The summed E-state index contributed by atoms with van der Waals surface area (Å²) in [4.78, 5) is 52.5. The smallest absolute Gasteiger partial charge is 0.306 e. The Morgan fingerprint density at radius 2 is 1.38 bits per heavy atom. The molecule has 12 nitrogen and oxygen atoms in total. The summed E-state index contributed by atoms with van der Waals surface area (Å²) in [5.41, 5.74) is 7.55. The van der Waals surface area contributed by atoms with Gasteiger partial charge in [-0.3, -0.25) is 19.3 Å².